The number of nitro groups is 1. The van der Waals surface area contributed by atoms with Gasteiger partial charge in [-0.25, -0.2) is 12.4 Å². The van der Waals surface area contributed by atoms with Crippen molar-refractivity contribution in [1.29, 1.82) is 0 Å². The Morgan fingerprint density at radius 3 is 2.35 bits per heavy atom. The van der Waals surface area contributed by atoms with Gasteiger partial charge in [0.05, 0.1) is 15.3 Å². The first-order valence-electron chi connectivity index (χ1n) is 11.3. The Morgan fingerprint density at radius 2 is 1.73 bits per heavy atom. The van der Waals surface area contributed by atoms with E-state index in [9.17, 15) is 23.3 Å². The molecule has 1 unspecified atom stereocenters. The minimum atomic E-state index is -4.10. The van der Waals surface area contributed by atoms with Gasteiger partial charge >= 0.3 is 0 Å². The van der Waals surface area contributed by atoms with Gasteiger partial charge in [0.2, 0.25) is 17.5 Å². The molecule has 0 aliphatic carbocycles. The molecule has 0 fully saturated rings. The molecule has 4 aromatic rings. The molecule has 0 bridgehead atoms. The fourth-order valence-corrected chi connectivity index (χ4v) is 5.74. The van der Waals surface area contributed by atoms with Gasteiger partial charge in [0.1, 0.15) is 0 Å². The number of carbonyl (C=O) groups is 1. The van der Waals surface area contributed by atoms with Gasteiger partial charge in [-0.1, -0.05) is 35.9 Å². The predicted molar refractivity (Wildman–Crippen MR) is 136 cm³/mol. The van der Waals surface area contributed by atoms with E-state index in [-0.39, 0.29) is 32.9 Å². The van der Waals surface area contributed by atoms with Crippen LogP contribution in [0.5, 0.6) is 0 Å². The van der Waals surface area contributed by atoms with E-state index in [4.69, 9.17) is 4.74 Å². The molecule has 1 aliphatic rings. The highest BCUT2D eigenvalue weighted by Gasteiger charge is 2.47. The second-order valence-corrected chi connectivity index (χ2v) is 10.6. The summed E-state index contributed by atoms with van der Waals surface area (Å²) in [6.45, 7) is 4.73. The van der Waals surface area contributed by atoms with Crippen molar-refractivity contribution < 1.29 is 22.9 Å². The quantitative estimate of drug-likeness (QED) is 0.283. The third-order valence-corrected chi connectivity index (χ3v) is 7.94. The third kappa shape index (κ3) is 3.93. The van der Waals surface area contributed by atoms with E-state index in [0.29, 0.717) is 5.56 Å². The number of non-ortho nitro benzene ring substituents is 1. The summed E-state index contributed by atoms with van der Waals surface area (Å²) >= 11 is 0. The SMILES string of the molecule is CC(=O)N1N=C(c2ccccc2)OC1(C)c1cn(S(=O)(=O)c2ccc(C)cc2)c2ccc([N+](=O)[O-])cc12. The van der Waals surface area contributed by atoms with E-state index < -0.39 is 26.6 Å². The lowest BCUT2D eigenvalue weighted by atomic mass is 10.0. The molecule has 2 heterocycles. The van der Waals surface area contributed by atoms with Gasteiger partial charge in [-0.05, 0) is 37.3 Å². The molecule has 37 heavy (non-hydrogen) atoms. The first-order valence-corrected chi connectivity index (χ1v) is 12.7. The minimum absolute atomic E-state index is 0.0436. The number of benzene rings is 3. The van der Waals surface area contributed by atoms with Gasteiger partial charge in [0, 0.05) is 48.7 Å². The van der Waals surface area contributed by atoms with Gasteiger partial charge in [-0.2, -0.15) is 5.01 Å². The normalized spacial score (nSPS) is 17.5. The molecular formula is C26H22N4O6S. The van der Waals surface area contributed by atoms with Crippen molar-refractivity contribution in [3.05, 3.63) is 106 Å². The fourth-order valence-electron chi connectivity index (χ4n) is 4.37. The summed E-state index contributed by atoms with van der Waals surface area (Å²) in [5, 5.41) is 17.3. The van der Waals surface area contributed by atoms with Crippen LogP contribution in [0.2, 0.25) is 0 Å². The van der Waals surface area contributed by atoms with E-state index in [1.807, 2.05) is 13.0 Å². The van der Waals surface area contributed by atoms with Crippen molar-refractivity contribution in [3.63, 3.8) is 0 Å². The molecule has 0 saturated carbocycles. The summed E-state index contributed by atoms with van der Waals surface area (Å²) in [4.78, 5) is 23.7. The average Bonchev–Trinajstić information content (AvgIpc) is 3.44. The smallest absolute Gasteiger partial charge is 0.270 e. The van der Waals surface area contributed by atoms with E-state index >= 15 is 0 Å². The van der Waals surface area contributed by atoms with Gasteiger partial charge < -0.3 is 4.74 Å². The molecule has 11 heteroatoms. The van der Waals surface area contributed by atoms with Gasteiger partial charge in [-0.15, -0.1) is 5.10 Å². The summed E-state index contributed by atoms with van der Waals surface area (Å²) in [6, 6.07) is 19.2. The number of nitrogens with zero attached hydrogens (tertiary/aromatic N) is 4. The maximum absolute atomic E-state index is 13.7. The Balaban J connectivity index is 1.75. The van der Waals surface area contributed by atoms with Crippen LogP contribution in [0.3, 0.4) is 0 Å². The van der Waals surface area contributed by atoms with E-state index in [0.717, 1.165) is 14.5 Å². The standard InChI is InChI=1S/C26H22N4O6S/c1-17-9-12-21(13-10-17)37(34,35)28-16-23(22-15-20(30(32)33)11-14-24(22)28)26(3)29(18(2)31)27-25(36-26)19-7-5-4-6-8-19/h4-16H,1-3H3. The zero-order valence-electron chi connectivity index (χ0n) is 20.2. The summed E-state index contributed by atoms with van der Waals surface area (Å²) in [6.07, 6.45) is 1.34. The van der Waals surface area contributed by atoms with Crippen molar-refractivity contribution in [1.82, 2.24) is 8.98 Å². The Labute approximate surface area is 212 Å². The van der Waals surface area contributed by atoms with Crippen LogP contribution < -0.4 is 0 Å². The van der Waals surface area contributed by atoms with Crippen LogP contribution >= 0.6 is 0 Å². The number of fused-ring (bicyclic) bond motifs is 1. The number of nitro benzene ring substituents is 1. The number of hydrogen-bond acceptors (Lipinski definition) is 7. The Kier molecular flexibility index (Phi) is 5.60. The number of carbonyl (C=O) groups excluding carboxylic acids is 1. The highest BCUT2D eigenvalue weighted by molar-refractivity contribution is 7.90. The number of amides is 1. The molecule has 0 saturated heterocycles. The molecule has 1 amide bonds. The number of hydrogen-bond donors (Lipinski definition) is 0. The van der Waals surface area contributed by atoms with Crippen LogP contribution in [0.4, 0.5) is 5.69 Å². The first-order chi connectivity index (χ1) is 17.5. The molecule has 188 valence electrons. The van der Waals surface area contributed by atoms with Crippen LogP contribution in [0.1, 0.15) is 30.5 Å². The molecule has 1 aliphatic heterocycles. The number of rotatable bonds is 5. The number of hydrazone groups is 1. The summed E-state index contributed by atoms with van der Waals surface area (Å²) in [5.74, 6) is -0.299. The molecule has 3 aromatic carbocycles. The zero-order chi connectivity index (χ0) is 26.5. The fraction of sp³-hybridized carbons (Fsp3) is 0.154. The lowest BCUT2D eigenvalue weighted by Crippen LogP contribution is -2.41. The number of aromatic nitrogens is 1. The molecule has 0 spiro atoms. The minimum Gasteiger partial charge on any atom is -0.443 e. The molecule has 1 aromatic heterocycles. The largest absolute Gasteiger partial charge is 0.443 e. The highest BCUT2D eigenvalue weighted by Crippen LogP contribution is 2.42. The van der Waals surface area contributed by atoms with Crippen molar-refractivity contribution in [2.75, 3.05) is 0 Å². The van der Waals surface area contributed by atoms with Crippen molar-refractivity contribution in [3.8, 4) is 0 Å². The third-order valence-electron chi connectivity index (χ3n) is 6.25. The summed E-state index contributed by atoms with van der Waals surface area (Å²) < 4.78 is 34.7. The second kappa shape index (κ2) is 8.56. The predicted octanol–water partition coefficient (Wildman–Crippen LogP) is 4.51. The lowest BCUT2D eigenvalue weighted by Gasteiger charge is -2.30. The van der Waals surface area contributed by atoms with Crippen LogP contribution in [-0.2, 0) is 25.3 Å². The van der Waals surface area contributed by atoms with E-state index in [1.54, 1.807) is 43.3 Å². The zero-order valence-corrected chi connectivity index (χ0v) is 21.0. The molecule has 0 radical (unpaired) electrons. The maximum Gasteiger partial charge on any atom is 0.270 e. The van der Waals surface area contributed by atoms with Crippen LogP contribution in [0.25, 0.3) is 10.9 Å². The summed E-state index contributed by atoms with van der Waals surface area (Å²) in [5.41, 5.74) is 0.105. The van der Waals surface area contributed by atoms with Crippen LogP contribution in [-0.4, -0.2) is 34.1 Å². The Bertz CT molecular complexity index is 1690. The van der Waals surface area contributed by atoms with Gasteiger partial charge in [0.25, 0.3) is 15.7 Å². The molecule has 10 nitrogen and oxygen atoms in total. The maximum atomic E-state index is 13.7. The second-order valence-electron chi connectivity index (χ2n) is 8.80. The van der Waals surface area contributed by atoms with Crippen LogP contribution in [0.15, 0.2) is 89.0 Å². The van der Waals surface area contributed by atoms with Crippen molar-refractivity contribution >= 4 is 38.4 Å². The Hall–Kier alpha value is -4.51. The highest BCUT2D eigenvalue weighted by atomic mass is 32.2. The van der Waals surface area contributed by atoms with Gasteiger partial charge in [0.15, 0.2) is 0 Å². The number of ether oxygens (including phenoxy) is 1. The molecular weight excluding hydrogens is 496 g/mol. The first kappa shape index (κ1) is 24.2. The van der Waals surface area contributed by atoms with Crippen LogP contribution in [0, 0.1) is 17.0 Å². The molecule has 1 atom stereocenters. The summed E-state index contributed by atoms with van der Waals surface area (Å²) in [7, 11) is -4.10. The average molecular weight is 519 g/mol. The number of aryl methyl sites for hydroxylation is 1. The van der Waals surface area contributed by atoms with E-state index in [2.05, 4.69) is 5.10 Å². The van der Waals surface area contributed by atoms with Gasteiger partial charge in [-0.3, -0.25) is 14.9 Å². The topological polar surface area (TPSA) is 124 Å². The monoisotopic (exact) mass is 518 g/mol. The van der Waals surface area contributed by atoms with Crippen molar-refractivity contribution in [2.24, 2.45) is 5.10 Å². The van der Waals surface area contributed by atoms with E-state index in [1.165, 1.54) is 43.5 Å². The Morgan fingerprint density at radius 1 is 1.05 bits per heavy atom. The lowest BCUT2D eigenvalue weighted by molar-refractivity contribution is -0.384. The van der Waals surface area contributed by atoms with Crippen molar-refractivity contribution in [2.45, 2.75) is 31.4 Å². The molecule has 0 N–H and O–H groups in total. The molecule has 5 rings (SSSR count).